The van der Waals surface area contributed by atoms with E-state index in [1.165, 1.54) is 0 Å². The topological polar surface area (TPSA) is 87.5 Å². The summed E-state index contributed by atoms with van der Waals surface area (Å²) in [6.45, 7) is 2.88. The van der Waals surface area contributed by atoms with E-state index in [4.69, 9.17) is 10.5 Å². The van der Waals surface area contributed by atoms with Crippen LogP contribution in [-0.2, 0) is 4.79 Å². The molecule has 0 aliphatic carbocycles. The summed E-state index contributed by atoms with van der Waals surface area (Å²) in [5.74, 6) is 0.715. The Labute approximate surface area is 157 Å². The van der Waals surface area contributed by atoms with Gasteiger partial charge in [0.05, 0.1) is 18.8 Å². The highest BCUT2D eigenvalue weighted by Gasteiger charge is 2.26. The van der Waals surface area contributed by atoms with Gasteiger partial charge in [-0.25, -0.2) is 0 Å². The Morgan fingerprint density at radius 2 is 1.89 bits per heavy atom. The largest absolute Gasteiger partial charge is 0.497 e. The number of methoxy groups -OCH3 is 1. The summed E-state index contributed by atoms with van der Waals surface area (Å²) in [4.78, 5) is 16.9. The number of aromatic nitrogens is 2. The van der Waals surface area contributed by atoms with Crippen LogP contribution in [0.3, 0.4) is 0 Å². The number of ether oxygens (including phenoxy) is 1. The summed E-state index contributed by atoms with van der Waals surface area (Å²) >= 11 is 0. The smallest absolute Gasteiger partial charge is 0.244 e. The molecule has 3 N–H and O–H groups in total. The monoisotopic (exact) mass is 365 g/mol. The molecule has 1 unspecified atom stereocenters. The maximum Gasteiger partial charge on any atom is 0.244 e. The molecule has 0 radical (unpaired) electrons. The van der Waals surface area contributed by atoms with Crippen molar-refractivity contribution < 1.29 is 9.53 Å². The molecule has 1 atom stereocenters. The fourth-order valence-electron chi connectivity index (χ4n) is 3.46. The number of nitrogens with zero attached hydrogens (tertiary/aromatic N) is 3. The zero-order valence-corrected chi connectivity index (χ0v) is 15.3. The van der Waals surface area contributed by atoms with Crippen LogP contribution in [0.5, 0.6) is 5.75 Å². The Bertz CT molecular complexity index is 929. The van der Waals surface area contributed by atoms with Gasteiger partial charge in [-0.15, -0.1) is 0 Å². The Kier molecular flexibility index (Phi) is 4.68. The van der Waals surface area contributed by atoms with Crippen LogP contribution in [-0.4, -0.2) is 54.3 Å². The van der Waals surface area contributed by atoms with Gasteiger partial charge in [-0.3, -0.25) is 9.89 Å². The van der Waals surface area contributed by atoms with Crippen LogP contribution in [0.1, 0.15) is 11.6 Å². The summed E-state index contributed by atoms with van der Waals surface area (Å²) < 4.78 is 5.15. The summed E-state index contributed by atoms with van der Waals surface area (Å²) in [6.07, 6.45) is 1.83. The minimum absolute atomic E-state index is 0.0369. The molecule has 27 heavy (non-hydrogen) atoms. The highest BCUT2D eigenvalue weighted by Crippen LogP contribution is 2.23. The Balaban J connectivity index is 1.39. The van der Waals surface area contributed by atoms with Crippen molar-refractivity contribution >= 4 is 22.5 Å². The standard InChI is InChI=1S/C20H23N5O2/c1-27-17-5-2-14(3-6-17)19(21)20(26)25-10-8-24(9-11-25)16-4-7-18-15(12-16)13-22-23-18/h2-7,12-13,19H,8-11,21H2,1H3,(H,22,23). The second kappa shape index (κ2) is 7.28. The van der Waals surface area contributed by atoms with Crippen molar-refractivity contribution in [1.29, 1.82) is 0 Å². The second-order valence-corrected chi connectivity index (χ2v) is 6.70. The number of amides is 1. The molecule has 1 aliphatic heterocycles. The molecule has 4 rings (SSSR count). The first kappa shape index (κ1) is 17.4. The third-order valence-corrected chi connectivity index (χ3v) is 5.12. The number of hydrogen-bond acceptors (Lipinski definition) is 5. The van der Waals surface area contributed by atoms with E-state index in [0.29, 0.717) is 13.1 Å². The number of hydrogen-bond donors (Lipinski definition) is 2. The van der Waals surface area contributed by atoms with Gasteiger partial charge in [0, 0.05) is 37.3 Å². The fraction of sp³-hybridized carbons (Fsp3) is 0.300. The lowest BCUT2D eigenvalue weighted by atomic mass is 10.1. The number of aromatic amines is 1. The zero-order chi connectivity index (χ0) is 18.8. The molecule has 140 valence electrons. The highest BCUT2D eigenvalue weighted by atomic mass is 16.5. The molecular formula is C20H23N5O2. The summed E-state index contributed by atoms with van der Waals surface area (Å²) in [7, 11) is 1.61. The second-order valence-electron chi connectivity index (χ2n) is 6.70. The van der Waals surface area contributed by atoms with Crippen LogP contribution < -0.4 is 15.4 Å². The van der Waals surface area contributed by atoms with Gasteiger partial charge < -0.3 is 20.3 Å². The Morgan fingerprint density at radius 1 is 1.15 bits per heavy atom. The van der Waals surface area contributed by atoms with E-state index in [-0.39, 0.29) is 5.91 Å². The predicted molar refractivity (Wildman–Crippen MR) is 105 cm³/mol. The molecule has 7 nitrogen and oxygen atoms in total. The lowest BCUT2D eigenvalue weighted by Gasteiger charge is -2.37. The SMILES string of the molecule is COc1ccc(C(N)C(=O)N2CCN(c3ccc4[nH]ncc4c3)CC2)cc1. The third-order valence-electron chi connectivity index (χ3n) is 5.12. The first-order chi connectivity index (χ1) is 13.2. The predicted octanol–water partition coefficient (Wildman–Crippen LogP) is 1.92. The highest BCUT2D eigenvalue weighted by molar-refractivity contribution is 5.84. The molecule has 0 bridgehead atoms. The van der Waals surface area contributed by atoms with Crippen molar-refractivity contribution in [1.82, 2.24) is 15.1 Å². The van der Waals surface area contributed by atoms with Gasteiger partial charge >= 0.3 is 0 Å². The molecule has 2 aromatic carbocycles. The molecule has 1 aromatic heterocycles. The van der Waals surface area contributed by atoms with Crippen molar-refractivity contribution in [2.24, 2.45) is 5.73 Å². The molecular weight excluding hydrogens is 342 g/mol. The Morgan fingerprint density at radius 3 is 2.59 bits per heavy atom. The van der Waals surface area contributed by atoms with Crippen molar-refractivity contribution in [3.05, 3.63) is 54.2 Å². The van der Waals surface area contributed by atoms with Gasteiger partial charge in [-0.2, -0.15) is 5.10 Å². The first-order valence-corrected chi connectivity index (χ1v) is 9.02. The molecule has 7 heteroatoms. The molecule has 0 saturated carbocycles. The summed E-state index contributed by atoms with van der Waals surface area (Å²) in [6, 6.07) is 12.9. The van der Waals surface area contributed by atoms with Crippen molar-refractivity contribution in [2.75, 3.05) is 38.2 Å². The molecule has 1 saturated heterocycles. The van der Waals surface area contributed by atoms with E-state index in [0.717, 1.165) is 41.0 Å². The minimum Gasteiger partial charge on any atom is -0.497 e. The number of nitrogens with one attached hydrogen (secondary N) is 1. The average molecular weight is 365 g/mol. The number of anilines is 1. The maximum absolute atomic E-state index is 12.8. The number of benzene rings is 2. The number of nitrogens with two attached hydrogens (primary N) is 1. The summed E-state index contributed by atoms with van der Waals surface area (Å²) in [5, 5.41) is 8.12. The van der Waals surface area contributed by atoms with E-state index in [2.05, 4.69) is 27.2 Å². The Hall–Kier alpha value is -3.06. The van der Waals surface area contributed by atoms with E-state index in [9.17, 15) is 4.79 Å². The number of piperazine rings is 1. The van der Waals surface area contributed by atoms with Crippen LogP contribution in [0.25, 0.3) is 10.9 Å². The van der Waals surface area contributed by atoms with Crippen LogP contribution in [0.15, 0.2) is 48.7 Å². The maximum atomic E-state index is 12.8. The van der Waals surface area contributed by atoms with E-state index in [1.807, 2.05) is 41.4 Å². The van der Waals surface area contributed by atoms with E-state index < -0.39 is 6.04 Å². The van der Waals surface area contributed by atoms with Crippen molar-refractivity contribution in [2.45, 2.75) is 6.04 Å². The van der Waals surface area contributed by atoms with Crippen LogP contribution in [0.2, 0.25) is 0 Å². The van der Waals surface area contributed by atoms with Crippen LogP contribution in [0, 0.1) is 0 Å². The van der Waals surface area contributed by atoms with E-state index >= 15 is 0 Å². The fourth-order valence-corrected chi connectivity index (χ4v) is 3.46. The van der Waals surface area contributed by atoms with Crippen molar-refractivity contribution in [3.63, 3.8) is 0 Å². The van der Waals surface area contributed by atoms with Crippen LogP contribution in [0.4, 0.5) is 5.69 Å². The van der Waals surface area contributed by atoms with Gasteiger partial charge in [0.2, 0.25) is 5.91 Å². The third kappa shape index (κ3) is 3.46. The number of fused-ring (bicyclic) bond motifs is 1. The molecule has 0 spiro atoms. The minimum atomic E-state index is -0.648. The lowest BCUT2D eigenvalue weighted by molar-refractivity contribution is -0.133. The van der Waals surface area contributed by atoms with Gasteiger partial charge in [-0.1, -0.05) is 12.1 Å². The number of carbonyl (C=O) groups excluding carboxylic acids is 1. The molecule has 1 amide bonds. The number of H-pyrrole nitrogens is 1. The normalized spacial score (nSPS) is 15.8. The molecule has 3 aromatic rings. The van der Waals surface area contributed by atoms with Crippen LogP contribution >= 0.6 is 0 Å². The lowest BCUT2D eigenvalue weighted by Crippen LogP contribution is -2.51. The van der Waals surface area contributed by atoms with Gasteiger partial charge in [0.15, 0.2) is 0 Å². The first-order valence-electron chi connectivity index (χ1n) is 9.02. The summed E-state index contributed by atoms with van der Waals surface area (Å²) in [5.41, 5.74) is 9.18. The van der Waals surface area contributed by atoms with Gasteiger partial charge in [0.1, 0.15) is 11.8 Å². The molecule has 1 fully saturated rings. The van der Waals surface area contributed by atoms with Gasteiger partial charge in [0.25, 0.3) is 0 Å². The number of carbonyl (C=O) groups is 1. The van der Waals surface area contributed by atoms with E-state index in [1.54, 1.807) is 7.11 Å². The number of rotatable bonds is 4. The quantitative estimate of drug-likeness (QED) is 0.738. The zero-order valence-electron chi connectivity index (χ0n) is 15.3. The molecule has 2 heterocycles. The molecule has 1 aliphatic rings. The average Bonchev–Trinajstić information content (AvgIpc) is 3.21. The van der Waals surface area contributed by atoms with Gasteiger partial charge in [-0.05, 0) is 35.9 Å². The van der Waals surface area contributed by atoms with Crippen molar-refractivity contribution in [3.8, 4) is 5.75 Å².